The van der Waals surface area contributed by atoms with Gasteiger partial charge in [-0.25, -0.2) is 9.80 Å². The lowest BCUT2D eigenvalue weighted by atomic mass is 9.97. The molecule has 3 rings (SSSR count). The first-order valence-electron chi connectivity index (χ1n) is 8.27. The number of carbonyl (C=O) groups is 1. The van der Waals surface area contributed by atoms with E-state index in [0.717, 1.165) is 51.0 Å². The number of terminal acetylenes is 1. The molecule has 0 saturated carbocycles. The van der Waals surface area contributed by atoms with Crippen LogP contribution in [0.15, 0.2) is 18.2 Å². The Morgan fingerprint density at radius 3 is 2.91 bits per heavy atom. The van der Waals surface area contributed by atoms with Crippen molar-refractivity contribution in [2.75, 3.05) is 19.6 Å². The highest BCUT2D eigenvalue weighted by Gasteiger charge is 2.19. The number of carbonyl (C=O) groups excluding carboxylic acids is 1. The molecule has 2 heterocycles. The highest BCUT2D eigenvalue weighted by Crippen LogP contribution is 2.22. The van der Waals surface area contributed by atoms with Crippen LogP contribution in [0, 0.1) is 12.3 Å². The van der Waals surface area contributed by atoms with Crippen LogP contribution >= 0.6 is 0 Å². The summed E-state index contributed by atoms with van der Waals surface area (Å²) < 4.78 is 5.43. The van der Waals surface area contributed by atoms with E-state index in [0.29, 0.717) is 0 Å². The lowest BCUT2D eigenvalue weighted by Gasteiger charge is -2.27. The molecule has 1 amide bonds. The molecular formula is C18H23N3O2. The van der Waals surface area contributed by atoms with Crippen molar-refractivity contribution in [3.8, 4) is 12.3 Å². The topological polar surface area (TPSA) is 53.6 Å². The molecule has 0 radical (unpaired) electrons. The predicted molar refractivity (Wildman–Crippen MR) is 88.5 cm³/mol. The second kappa shape index (κ2) is 7.49. The van der Waals surface area contributed by atoms with Gasteiger partial charge in [-0.1, -0.05) is 24.5 Å². The number of rotatable bonds is 3. The van der Waals surface area contributed by atoms with E-state index in [1.807, 2.05) is 17.1 Å². The third-order valence-electron chi connectivity index (χ3n) is 4.40. The minimum absolute atomic E-state index is 0.481. The molecule has 1 atom stereocenters. The van der Waals surface area contributed by atoms with Crippen molar-refractivity contribution < 1.29 is 9.53 Å². The fraction of sp³-hybridized carbons (Fsp3) is 0.500. The molecule has 5 nitrogen and oxygen atoms in total. The van der Waals surface area contributed by atoms with Crippen molar-refractivity contribution in [2.45, 2.75) is 38.3 Å². The first-order valence-corrected chi connectivity index (χ1v) is 8.27. The van der Waals surface area contributed by atoms with Gasteiger partial charge in [0.25, 0.3) is 0 Å². The van der Waals surface area contributed by atoms with E-state index in [9.17, 15) is 4.79 Å². The molecule has 23 heavy (non-hydrogen) atoms. The zero-order chi connectivity index (χ0) is 16.1. The Morgan fingerprint density at radius 1 is 1.30 bits per heavy atom. The normalized spacial score (nSPS) is 19.3. The molecule has 2 N–H and O–H groups in total. The van der Waals surface area contributed by atoms with E-state index in [1.165, 1.54) is 17.5 Å². The first-order chi connectivity index (χ1) is 11.3. The van der Waals surface area contributed by atoms with Gasteiger partial charge in [-0.3, -0.25) is 5.43 Å². The minimum Gasteiger partial charge on any atom is -0.427 e. The summed E-state index contributed by atoms with van der Waals surface area (Å²) in [6, 6.07) is 6.09. The number of ether oxygens (including phenoxy) is 1. The van der Waals surface area contributed by atoms with Crippen LogP contribution in [0.1, 0.15) is 42.1 Å². The third-order valence-corrected chi connectivity index (χ3v) is 4.40. The summed E-state index contributed by atoms with van der Waals surface area (Å²) in [6.07, 6.45) is 8.86. The van der Waals surface area contributed by atoms with Gasteiger partial charge in [0.2, 0.25) is 0 Å². The Balaban J connectivity index is 1.63. The number of benzene rings is 1. The molecular weight excluding hydrogens is 290 g/mol. The molecule has 1 aromatic carbocycles. The summed E-state index contributed by atoms with van der Waals surface area (Å²) >= 11 is 0. The predicted octanol–water partition coefficient (Wildman–Crippen LogP) is 2.13. The van der Waals surface area contributed by atoms with Gasteiger partial charge in [-0.2, -0.15) is 0 Å². The average molecular weight is 313 g/mol. The number of hydrogen-bond acceptors (Lipinski definition) is 4. The molecule has 1 saturated heterocycles. The van der Waals surface area contributed by atoms with Gasteiger partial charge < -0.3 is 10.1 Å². The molecule has 1 unspecified atom stereocenters. The van der Waals surface area contributed by atoms with Crippen LogP contribution in [-0.2, 0) is 17.7 Å². The van der Waals surface area contributed by atoms with Gasteiger partial charge >= 0.3 is 6.09 Å². The second-order valence-electron chi connectivity index (χ2n) is 6.07. The zero-order valence-electron chi connectivity index (χ0n) is 13.3. The maximum atomic E-state index is 12.1. The monoisotopic (exact) mass is 313 g/mol. The first kappa shape index (κ1) is 15.9. The van der Waals surface area contributed by atoms with E-state index >= 15 is 0 Å². The van der Waals surface area contributed by atoms with Crippen molar-refractivity contribution >= 4 is 6.09 Å². The highest BCUT2D eigenvalue weighted by atomic mass is 16.6. The highest BCUT2D eigenvalue weighted by molar-refractivity contribution is 5.67. The number of fused-ring (bicyclic) bond motifs is 1. The van der Waals surface area contributed by atoms with Gasteiger partial charge in [0.15, 0.2) is 6.10 Å². The SMILES string of the molecule is C#CC(OC(=O)NN1CCCCC1)c1ccc2c(c1)CNCC2. The molecule has 0 aromatic heterocycles. The Kier molecular flexibility index (Phi) is 5.16. The van der Waals surface area contributed by atoms with Gasteiger partial charge in [0.1, 0.15) is 0 Å². The van der Waals surface area contributed by atoms with Crippen molar-refractivity contribution in [3.05, 3.63) is 34.9 Å². The summed E-state index contributed by atoms with van der Waals surface area (Å²) in [6.45, 7) is 3.56. The van der Waals surface area contributed by atoms with Crippen LogP contribution < -0.4 is 10.7 Å². The van der Waals surface area contributed by atoms with Gasteiger partial charge in [-0.05, 0) is 43.0 Å². The summed E-state index contributed by atoms with van der Waals surface area (Å²) in [7, 11) is 0. The number of nitrogens with one attached hydrogen (secondary N) is 2. The van der Waals surface area contributed by atoms with Gasteiger partial charge in [0.05, 0.1) is 0 Å². The largest absolute Gasteiger partial charge is 0.427 e. The van der Waals surface area contributed by atoms with Crippen molar-refractivity contribution in [1.82, 2.24) is 15.8 Å². The Labute approximate surface area is 137 Å². The Morgan fingerprint density at radius 2 is 2.13 bits per heavy atom. The van der Waals surface area contributed by atoms with Crippen LogP contribution in [-0.4, -0.2) is 30.7 Å². The van der Waals surface area contributed by atoms with E-state index < -0.39 is 12.2 Å². The van der Waals surface area contributed by atoms with E-state index in [4.69, 9.17) is 11.2 Å². The summed E-state index contributed by atoms with van der Waals surface area (Å²) in [5, 5.41) is 5.24. The molecule has 0 spiro atoms. The third kappa shape index (κ3) is 4.04. The fourth-order valence-corrected chi connectivity index (χ4v) is 3.13. The van der Waals surface area contributed by atoms with Crippen LogP contribution in [0.4, 0.5) is 4.79 Å². The van der Waals surface area contributed by atoms with Crippen molar-refractivity contribution in [3.63, 3.8) is 0 Å². The summed E-state index contributed by atoms with van der Waals surface area (Å²) in [5.41, 5.74) is 6.20. The second-order valence-corrected chi connectivity index (χ2v) is 6.07. The molecule has 1 aromatic rings. The number of nitrogens with zero attached hydrogens (tertiary/aromatic N) is 1. The van der Waals surface area contributed by atoms with Crippen molar-refractivity contribution in [1.29, 1.82) is 0 Å². The van der Waals surface area contributed by atoms with E-state index in [2.05, 4.69) is 22.7 Å². The zero-order valence-corrected chi connectivity index (χ0v) is 13.3. The number of hydrazine groups is 1. The standard InChI is InChI=1S/C18H23N3O2/c1-2-17(23-18(22)20-21-10-4-3-5-11-21)15-7-6-14-8-9-19-13-16(14)12-15/h1,6-7,12,17,19H,3-5,8-11,13H2,(H,20,22). The molecule has 1 fully saturated rings. The smallest absolute Gasteiger partial charge is 0.423 e. The van der Waals surface area contributed by atoms with Crippen LogP contribution in [0.5, 0.6) is 0 Å². The molecule has 122 valence electrons. The molecule has 5 heteroatoms. The fourth-order valence-electron chi connectivity index (χ4n) is 3.13. The quantitative estimate of drug-likeness (QED) is 0.840. The number of hydrogen-bond donors (Lipinski definition) is 2. The Bertz CT molecular complexity index is 603. The maximum Gasteiger partial charge on any atom is 0.423 e. The van der Waals surface area contributed by atoms with Crippen LogP contribution in [0.3, 0.4) is 0 Å². The summed E-state index contributed by atoms with van der Waals surface area (Å²) in [5.74, 6) is 2.57. The Hall–Kier alpha value is -2.03. The number of piperidine rings is 1. The molecule has 0 aliphatic carbocycles. The van der Waals surface area contributed by atoms with Crippen LogP contribution in [0.2, 0.25) is 0 Å². The van der Waals surface area contributed by atoms with E-state index in [-0.39, 0.29) is 0 Å². The number of amides is 1. The molecule has 0 bridgehead atoms. The lowest BCUT2D eigenvalue weighted by molar-refractivity contribution is 0.0806. The van der Waals surface area contributed by atoms with Gasteiger partial charge in [0, 0.05) is 25.2 Å². The van der Waals surface area contributed by atoms with Gasteiger partial charge in [-0.15, -0.1) is 6.42 Å². The van der Waals surface area contributed by atoms with Crippen LogP contribution in [0.25, 0.3) is 0 Å². The molecule has 2 aliphatic rings. The summed E-state index contributed by atoms with van der Waals surface area (Å²) in [4.78, 5) is 12.1. The van der Waals surface area contributed by atoms with Crippen molar-refractivity contribution in [2.24, 2.45) is 0 Å². The minimum atomic E-state index is -0.660. The maximum absolute atomic E-state index is 12.1. The molecule has 2 aliphatic heterocycles. The lowest BCUT2D eigenvalue weighted by Crippen LogP contribution is -2.45. The van der Waals surface area contributed by atoms with E-state index in [1.54, 1.807) is 0 Å². The average Bonchev–Trinajstić information content (AvgIpc) is 2.60.